The van der Waals surface area contributed by atoms with Crippen LogP contribution in [-0.2, 0) is 6.18 Å². The molecule has 1 aliphatic carbocycles. The maximum Gasteiger partial charge on any atom is 0.437 e. The number of nitrogens with two attached hydrogens (primary N) is 1. The molecule has 1 heterocycles. The summed E-state index contributed by atoms with van der Waals surface area (Å²) in [4.78, 5) is 0. The van der Waals surface area contributed by atoms with Crippen molar-refractivity contribution in [2.24, 2.45) is 0 Å². The van der Waals surface area contributed by atoms with E-state index in [1.807, 2.05) is 0 Å². The van der Waals surface area contributed by atoms with Crippen LogP contribution in [0.15, 0.2) is 0 Å². The van der Waals surface area contributed by atoms with Crippen LogP contribution in [-0.4, -0.2) is 9.78 Å². The fraction of sp³-hybridized carbons (Fsp3) is 0.571. The molecule has 1 aromatic heterocycles. The first kappa shape index (κ1) is 9.64. The molecule has 0 spiro atoms. The lowest BCUT2D eigenvalue weighted by atomic mass is 10.4. The van der Waals surface area contributed by atoms with Crippen LogP contribution in [0.25, 0.3) is 0 Å². The van der Waals surface area contributed by atoms with E-state index in [0.29, 0.717) is 0 Å². The van der Waals surface area contributed by atoms with Crippen LogP contribution in [0.1, 0.15) is 24.6 Å². The van der Waals surface area contributed by atoms with Gasteiger partial charge in [-0.15, -0.1) is 0 Å². The number of nitrogen functional groups attached to an aromatic ring is 1. The normalized spacial score (nSPS) is 17.4. The summed E-state index contributed by atoms with van der Waals surface area (Å²) in [6, 6.07) is -0.0131. The maximum atomic E-state index is 12.3. The molecule has 0 bridgehead atoms. The van der Waals surface area contributed by atoms with E-state index in [9.17, 15) is 13.2 Å². The second-order valence-corrected chi connectivity index (χ2v) is 3.58. The van der Waals surface area contributed by atoms with Gasteiger partial charge in [-0.3, -0.25) is 0 Å². The van der Waals surface area contributed by atoms with Crippen molar-refractivity contribution < 1.29 is 13.2 Å². The predicted molar refractivity (Wildman–Crippen MR) is 44.9 cm³/mol. The Morgan fingerprint density at radius 2 is 2.00 bits per heavy atom. The van der Waals surface area contributed by atoms with E-state index in [2.05, 4.69) is 5.10 Å². The fourth-order valence-electron chi connectivity index (χ4n) is 1.20. The van der Waals surface area contributed by atoms with E-state index in [1.54, 1.807) is 0 Å². The van der Waals surface area contributed by atoms with Crippen LogP contribution in [0, 0.1) is 0 Å². The molecule has 14 heavy (non-hydrogen) atoms. The lowest BCUT2D eigenvalue weighted by molar-refractivity contribution is -0.140. The summed E-state index contributed by atoms with van der Waals surface area (Å²) < 4.78 is 38.1. The Labute approximate surface area is 82.6 Å². The molecule has 0 aromatic carbocycles. The van der Waals surface area contributed by atoms with Gasteiger partial charge in [-0.05, 0) is 12.8 Å². The third kappa shape index (κ3) is 1.43. The zero-order chi connectivity index (χ0) is 10.5. The van der Waals surface area contributed by atoms with Gasteiger partial charge in [-0.25, -0.2) is 4.68 Å². The summed E-state index contributed by atoms with van der Waals surface area (Å²) in [5.74, 6) is 0. The smallest absolute Gasteiger partial charge is 0.394 e. The molecule has 0 atom stereocenters. The average Bonchev–Trinajstić information content (AvgIpc) is 2.81. The van der Waals surface area contributed by atoms with Crippen LogP contribution in [0.2, 0.25) is 5.15 Å². The third-order valence-electron chi connectivity index (χ3n) is 2.05. The van der Waals surface area contributed by atoms with E-state index in [1.165, 1.54) is 0 Å². The number of hydrogen-bond acceptors (Lipinski definition) is 2. The molecule has 0 unspecified atom stereocenters. The average molecular weight is 226 g/mol. The van der Waals surface area contributed by atoms with Crippen molar-refractivity contribution in [1.82, 2.24) is 9.78 Å². The molecule has 1 aliphatic rings. The summed E-state index contributed by atoms with van der Waals surface area (Å²) in [7, 11) is 0. The van der Waals surface area contributed by atoms with Gasteiger partial charge in [0.1, 0.15) is 5.69 Å². The summed E-state index contributed by atoms with van der Waals surface area (Å²) in [6.45, 7) is 0. The highest BCUT2D eigenvalue weighted by atomic mass is 35.5. The topological polar surface area (TPSA) is 43.8 Å². The Hall–Kier alpha value is -0.910. The monoisotopic (exact) mass is 225 g/mol. The number of alkyl halides is 3. The second kappa shape index (κ2) is 2.79. The minimum Gasteiger partial charge on any atom is -0.394 e. The summed E-state index contributed by atoms with van der Waals surface area (Å²) in [5.41, 5.74) is 3.65. The second-order valence-electron chi connectivity index (χ2n) is 3.23. The highest BCUT2D eigenvalue weighted by molar-refractivity contribution is 6.32. The molecule has 1 saturated carbocycles. The lowest BCUT2D eigenvalue weighted by Gasteiger charge is -2.01. The summed E-state index contributed by atoms with van der Waals surface area (Å²) in [6.07, 6.45) is -2.93. The van der Waals surface area contributed by atoms with Crippen LogP contribution < -0.4 is 5.73 Å². The van der Waals surface area contributed by atoms with Gasteiger partial charge in [0.2, 0.25) is 0 Å². The Bertz CT molecular complexity index is 367. The van der Waals surface area contributed by atoms with Crippen LogP contribution in [0.5, 0.6) is 0 Å². The quantitative estimate of drug-likeness (QED) is 0.798. The summed E-state index contributed by atoms with van der Waals surface area (Å²) >= 11 is 5.63. The molecule has 78 valence electrons. The zero-order valence-corrected chi connectivity index (χ0v) is 7.73. The predicted octanol–water partition coefficient (Wildman–Crippen LogP) is 2.47. The molecule has 2 rings (SSSR count). The van der Waals surface area contributed by atoms with Crippen molar-refractivity contribution >= 4 is 17.3 Å². The van der Waals surface area contributed by atoms with Gasteiger partial charge >= 0.3 is 6.18 Å². The molecule has 0 saturated heterocycles. The van der Waals surface area contributed by atoms with Crippen LogP contribution in [0.3, 0.4) is 0 Å². The molecule has 3 nitrogen and oxygen atoms in total. The van der Waals surface area contributed by atoms with Crippen molar-refractivity contribution in [2.75, 3.05) is 5.73 Å². The van der Waals surface area contributed by atoms with E-state index < -0.39 is 17.6 Å². The minimum absolute atomic E-state index is 0.0131. The zero-order valence-electron chi connectivity index (χ0n) is 6.98. The number of aromatic nitrogens is 2. The highest BCUT2D eigenvalue weighted by Gasteiger charge is 2.40. The lowest BCUT2D eigenvalue weighted by Crippen LogP contribution is -2.09. The summed E-state index contributed by atoms with van der Waals surface area (Å²) in [5, 5.41) is 3.27. The first-order chi connectivity index (χ1) is 6.41. The number of anilines is 1. The minimum atomic E-state index is -4.53. The Morgan fingerprint density at radius 1 is 1.43 bits per heavy atom. The number of halogens is 4. The van der Waals surface area contributed by atoms with Crippen molar-refractivity contribution in [3.8, 4) is 0 Å². The highest BCUT2D eigenvalue weighted by Crippen LogP contribution is 2.42. The van der Waals surface area contributed by atoms with Gasteiger partial charge in [-0.2, -0.15) is 18.3 Å². The largest absolute Gasteiger partial charge is 0.437 e. The Balaban J connectivity index is 2.47. The van der Waals surface area contributed by atoms with E-state index in [4.69, 9.17) is 17.3 Å². The number of hydrogen-bond donors (Lipinski definition) is 1. The molecule has 0 aliphatic heterocycles. The number of nitrogens with zero attached hydrogens (tertiary/aromatic N) is 2. The molecule has 0 amide bonds. The molecule has 0 radical (unpaired) electrons. The van der Waals surface area contributed by atoms with Crippen molar-refractivity contribution in [2.45, 2.75) is 25.1 Å². The van der Waals surface area contributed by atoms with Gasteiger partial charge < -0.3 is 5.73 Å². The van der Waals surface area contributed by atoms with Gasteiger partial charge in [-0.1, -0.05) is 11.6 Å². The Morgan fingerprint density at radius 3 is 2.36 bits per heavy atom. The first-order valence-corrected chi connectivity index (χ1v) is 4.39. The number of rotatable bonds is 1. The standard InChI is InChI=1S/C7H7ClF3N3/c8-6-4(12)5(7(9,10)11)13-14(6)3-1-2-3/h3H,1-2,12H2. The SMILES string of the molecule is Nc1c(C(F)(F)F)nn(C2CC2)c1Cl. The Kier molecular flexibility index (Phi) is 1.92. The third-order valence-corrected chi connectivity index (χ3v) is 2.42. The van der Waals surface area contributed by atoms with E-state index in [-0.39, 0.29) is 11.2 Å². The van der Waals surface area contributed by atoms with Crippen molar-refractivity contribution in [3.05, 3.63) is 10.8 Å². The maximum absolute atomic E-state index is 12.3. The van der Waals surface area contributed by atoms with Crippen molar-refractivity contribution in [3.63, 3.8) is 0 Å². The molecular weight excluding hydrogens is 219 g/mol. The van der Waals surface area contributed by atoms with Gasteiger partial charge in [0.05, 0.1) is 6.04 Å². The van der Waals surface area contributed by atoms with Gasteiger partial charge in [0.25, 0.3) is 0 Å². The van der Waals surface area contributed by atoms with Crippen molar-refractivity contribution in [1.29, 1.82) is 0 Å². The van der Waals surface area contributed by atoms with E-state index >= 15 is 0 Å². The first-order valence-electron chi connectivity index (χ1n) is 4.02. The van der Waals surface area contributed by atoms with Crippen LogP contribution in [0.4, 0.5) is 18.9 Å². The van der Waals surface area contributed by atoms with Gasteiger partial charge in [0, 0.05) is 0 Å². The van der Waals surface area contributed by atoms with E-state index in [0.717, 1.165) is 17.5 Å². The molecule has 2 N–H and O–H groups in total. The van der Waals surface area contributed by atoms with Gasteiger partial charge in [0.15, 0.2) is 10.8 Å². The molecular formula is C7H7ClF3N3. The van der Waals surface area contributed by atoms with Crippen LogP contribution >= 0.6 is 11.6 Å². The molecule has 7 heteroatoms. The molecule has 1 fully saturated rings. The fourth-order valence-corrected chi connectivity index (χ4v) is 1.46. The molecule has 1 aromatic rings.